The first-order valence-electron chi connectivity index (χ1n) is 16.0. The Morgan fingerprint density at radius 3 is 0.936 bits per heavy atom. The van der Waals surface area contributed by atoms with Gasteiger partial charge in [-0.1, -0.05) is 182 Å². The summed E-state index contributed by atoms with van der Waals surface area (Å²) in [5.74, 6) is 1.45. The van der Waals surface area contributed by atoms with Gasteiger partial charge in [-0.2, -0.15) is 0 Å². The Hall–Kier alpha value is -4.50. The number of hydrogen-bond acceptors (Lipinski definition) is 2. The molecule has 0 amide bonds. The molecule has 0 radical (unpaired) electrons. The van der Waals surface area contributed by atoms with Crippen molar-refractivity contribution in [3.8, 4) is 56.0 Å². The Balaban J connectivity index is 0.000000171. The number of hydrogen-bond donors (Lipinski definition) is 0. The molecule has 2 atom stereocenters. The third-order valence-electron chi connectivity index (χ3n) is 8.44. The predicted octanol–water partition coefficient (Wildman–Crippen LogP) is 10.6. The maximum Gasteiger partial charge on any atom is 2.00 e. The first kappa shape index (κ1) is 35.4. The summed E-state index contributed by atoms with van der Waals surface area (Å²) in [6, 6.07) is 50.5. The van der Waals surface area contributed by atoms with Crippen LogP contribution < -0.4 is 10.2 Å². The minimum atomic E-state index is 0. The molecule has 1 saturated carbocycles. The SMILES string of the molecule is [CH2+][C@@H]1CCCC[C@H]1[CH2-].[O-]c1c(-c2ccccc2)cccc1-c1ccccc1.[O-]c1c(-c2ccccc2)cccc1-c1ccccc1.[Ti+2]. The number of benzene rings is 6. The summed E-state index contributed by atoms with van der Waals surface area (Å²) in [5.41, 5.74) is 6.86. The fourth-order valence-electron chi connectivity index (χ4n) is 5.74. The van der Waals surface area contributed by atoms with Gasteiger partial charge in [-0.05, 0) is 57.3 Å². The maximum atomic E-state index is 12.6. The van der Waals surface area contributed by atoms with Gasteiger partial charge in [0.25, 0.3) is 0 Å². The van der Waals surface area contributed by atoms with Crippen LogP contribution in [0.4, 0.5) is 0 Å². The summed E-state index contributed by atoms with van der Waals surface area (Å²) >= 11 is 0. The summed E-state index contributed by atoms with van der Waals surface area (Å²) in [6.45, 7) is 8.03. The van der Waals surface area contributed by atoms with Crippen molar-refractivity contribution in [3.05, 3.63) is 172 Å². The van der Waals surface area contributed by atoms with Crippen molar-refractivity contribution in [3.63, 3.8) is 0 Å². The summed E-state index contributed by atoms with van der Waals surface area (Å²) < 4.78 is 0. The molecule has 232 valence electrons. The standard InChI is InChI=1S/2C18H14O.C8H14.Ti/c2*19-18-16(14-8-3-1-4-9-14)12-7-13-17(18)15-10-5-2-6-11-15;1-7-5-3-4-6-8(7)2;/h2*1-13,19H;7-8H,1-6H2;/q;;;+2/p-2/t;;7-,8-;/m..1./s1. The second-order valence-corrected chi connectivity index (χ2v) is 11.6. The van der Waals surface area contributed by atoms with Crippen LogP contribution in [0.2, 0.25) is 0 Å². The zero-order chi connectivity index (χ0) is 32.1. The van der Waals surface area contributed by atoms with Gasteiger partial charge in [-0.15, -0.1) is 5.92 Å². The average molecular weight is 649 g/mol. The molecular formula is C44H40O2Ti. The van der Waals surface area contributed by atoms with E-state index in [0.29, 0.717) is 11.8 Å². The van der Waals surface area contributed by atoms with Crippen LogP contribution in [-0.2, 0) is 21.7 Å². The Bertz CT molecular complexity index is 1520. The molecule has 0 saturated heterocycles. The van der Waals surface area contributed by atoms with Crippen LogP contribution in [0.5, 0.6) is 11.5 Å². The van der Waals surface area contributed by atoms with E-state index < -0.39 is 0 Å². The second kappa shape index (κ2) is 18.0. The largest absolute Gasteiger partial charge is 2.00 e. The van der Waals surface area contributed by atoms with Gasteiger partial charge in [0, 0.05) is 0 Å². The molecule has 7 rings (SSSR count). The van der Waals surface area contributed by atoms with E-state index in [2.05, 4.69) is 13.8 Å². The summed E-state index contributed by atoms with van der Waals surface area (Å²) in [7, 11) is 0. The van der Waals surface area contributed by atoms with Crippen molar-refractivity contribution in [2.75, 3.05) is 0 Å². The third kappa shape index (κ3) is 9.52. The van der Waals surface area contributed by atoms with Gasteiger partial charge in [-0.3, -0.25) is 0 Å². The summed E-state index contributed by atoms with van der Waals surface area (Å²) in [5, 5.41) is 25.1. The van der Waals surface area contributed by atoms with Crippen LogP contribution >= 0.6 is 0 Å². The zero-order valence-electron chi connectivity index (χ0n) is 26.7. The third-order valence-corrected chi connectivity index (χ3v) is 8.44. The van der Waals surface area contributed by atoms with Gasteiger partial charge in [-0.25, -0.2) is 0 Å². The molecule has 0 unspecified atom stereocenters. The topological polar surface area (TPSA) is 46.1 Å². The quantitative estimate of drug-likeness (QED) is 0.141. The minimum absolute atomic E-state index is 0. The molecule has 0 heterocycles. The van der Waals surface area contributed by atoms with Gasteiger partial charge in [0.2, 0.25) is 0 Å². The fourth-order valence-corrected chi connectivity index (χ4v) is 5.74. The first-order chi connectivity index (χ1) is 22.5. The summed E-state index contributed by atoms with van der Waals surface area (Å²) in [4.78, 5) is 0. The van der Waals surface area contributed by atoms with Gasteiger partial charge >= 0.3 is 21.7 Å². The smallest absolute Gasteiger partial charge is 0.872 e. The fraction of sp³-hybridized carbons (Fsp3) is 0.136. The zero-order valence-corrected chi connectivity index (χ0v) is 28.3. The van der Waals surface area contributed by atoms with Crippen LogP contribution in [0.3, 0.4) is 0 Å². The van der Waals surface area contributed by atoms with E-state index >= 15 is 0 Å². The molecule has 6 aromatic rings. The maximum absolute atomic E-state index is 12.6. The van der Waals surface area contributed by atoms with Crippen molar-refractivity contribution >= 4 is 0 Å². The minimum Gasteiger partial charge on any atom is -0.872 e. The predicted molar refractivity (Wildman–Crippen MR) is 190 cm³/mol. The Kier molecular flexibility index (Phi) is 13.5. The van der Waals surface area contributed by atoms with E-state index in [1.807, 2.05) is 158 Å². The van der Waals surface area contributed by atoms with Crippen molar-refractivity contribution in [2.24, 2.45) is 11.8 Å². The molecule has 2 nitrogen and oxygen atoms in total. The van der Waals surface area contributed by atoms with Gasteiger partial charge in [0.15, 0.2) is 0 Å². The Labute approximate surface area is 295 Å². The molecule has 0 bridgehead atoms. The second-order valence-electron chi connectivity index (χ2n) is 11.6. The van der Waals surface area contributed by atoms with E-state index in [-0.39, 0.29) is 33.2 Å². The van der Waals surface area contributed by atoms with Crippen molar-refractivity contribution in [1.82, 2.24) is 0 Å². The molecule has 1 aliphatic rings. The normalized spacial score (nSPS) is 15.1. The molecule has 0 N–H and O–H groups in total. The molecule has 47 heavy (non-hydrogen) atoms. The van der Waals surface area contributed by atoms with E-state index in [1.165, 1.54) is 25.7 Å². The van der Waals surface area contributed by atoms with Gasteiger partial charge in [0.05, 0.1) is 12.8 Å². The van der Waals surface area contributed by atoms with Crippen LogP contribution in [0.1, 0.15) is 25.7 Å². The van der Waals surface area contributed by atoms with Crippen LogP contribution in [0, 0.1) is 25.7 Å². The summed E-state index contributed by atoms with van der Waals surface area (Å²) in [6.07, 6.45) is 5.35. The van der Waals surface area contributed by atoms with Crippen molar-refractivity contribution < 1.29 is 31.9 Å². The molecular weight excluding hydrogens is 608 g/mol. The molecule has 6 aromatic carbocycles. The van der Waals surface area contributed by atoms with E-state index in [4.69, 9.17) is 0 Å². The first-order valence-corrected chi connectivity index (χ1v) is 16.0. The molecule has 3 heteroatoms. The molecule has 0 aliphatic heterocycles. The molecule has 1 aliphatic carbocycles. The van der Waals surface area contributed by atoms with Gasteiger partial charge in [0.1, 0.15) is 0 Å². The van der Waals surface area contributed by atoms with Crippen molar-refractivity contribution in [1.29, 1.82) is 0 Å². The number of para-hydroxylation sites is 2. The van der Waals surface area contributed by atoms with Crippen LogP contribution in [-0.4, -0.2) is 0 Å². The monoisotopic (exact) mass is 648 g/mol. The van der Waals surface area contributed by atoms with E-state index in [1.54, 1.807) is 0 Å². The Morgan fingerprint density at radius 2 is 0.702 bits per heavy atom. The van der Waals surface area contributed by atoms with E-state index in [0.717, 1.165) is 44.5 Å². The Morgan fingerprint density at radius 1 is 0.426 bits per heavy atom. The van der Waals surface area contributed by atoms with Crippen molar-refractivity contribution in [2.45, 2.75) is 25.7 Å². The molecule has 1 fully saturated rings. The van der Waals surface area contributed by atoms with E-state index in [9.17, 15) is 10.2 Å². The molecule has 0 aromatic heterocycles. The average Bonchev–Trinajstić information content (AvgIpc) is 3.12. The van der Waals surface area contributed by atoms with Crippen LogP contribution in [0.25, 0.3) is 44.5 Å². The molecule has 0 spiro atoms. The van der Waals surface area contributed by atoms with Gasteiger partial charge < -0.3 is 17.1 Å². The number of rotatable bonds is 4. The van der Waals surface area contributed by atoms with Crippen LogP contribution in [0.15, 0.2) is 158 Å².